The van der Waals surface area contributed by atoms with Crippen molar-refractivity contribution in [1.82, 2.24) is 0 Å². The molecule has 128 valence electrons. The molecule has 1 aromatic rings. The van der Waals surface area contributed by atoms with Gasteiger partial charge in [-0.1, -0.05) is 12.5 Å². The summed E-state index contributed by atoms with van der Waals surface area (Å²) >= 11 is 0. The van der Waals surface area contributed by atoms with Gasteiger partial charge in [-0.2, -0.15) is 0 Å². The Kier molecular flexibility index (Phi) is 8.00. The minimum absolute atomic E-state index is 0.298. The van der Waals surface area contributed by atoms with Gasteiger partial charge in [-0.3, -0.25) is 4.79 Å². The summed E-state index contributed by atoms with van der Waals surface area (Å²) in [6, 6.07) is 5.21. The number of hydrogen-bond acceptors (Lipinski definition) is 4. The number of benzene rings is 1. The van der Waals surface area contributed by atoms with Gasteiger partial charge in [-0.05, 0) is 63.3 Å². The molecule has 0 unspecified atom stereocenters. The first-order valence-electron chi connectivity index (χ1n) is 8.10. The summed E-state index contributed by atoms with van der Waals surface area (Å²) in [4.78, 5) is 11.6. The monoisotopic (exact) mass is 320 g/mol. The smallest absolute Gasteiger partial charge is 0.188 e. The third-order valence-electron chi connectivity index (χ3n) is 3.58. The van der Waals surface area contributed by atoms with E-state index in [0.29, 0.717) is 18.6 Å². The number of Topliss-reactive ketones (excluding diaryl/α,β-unsaturated/α-hetero) is 1. The van der Waals surface area contributed by atoms with Crippen molar-refractivity contribution in [3.63, 3.8) is 0 Å². The van der Waals surface area contributed by atoms with E-state index < -0.39 is 12.2 Å². The van der Waals surface area contributed by atoms with Gasteiger partial charge < -0.3 is 14.9 Å². The lowest BCUT2D eigenvalue weighted by atomic mass is 10.0. The highest BCUT2D eigenvalue weighted by Crippen LogP contribution is 2.22. The molecule has 0 spiro atoms. The van der Waals surface area contributed by atoms with Crippen LogP contribution in [-0.2, 0) is 6.42 Å². The Labute approximate surface area is 138 Å². The molecule has 0 fully saturated rings. The summed E-state index contributed by atoms with van der Waals surface area (Å²) in [7, 11) is 0. The van der Waals surface area contributed by atoms with Crippen LogP contribution in [0.5, 0.6) is 5.75 Å². The molecule has 4 heteroatoms. The van der Waals surface area contributed by atoms with Crippen LogP contribution in [-0.4, -0.2) is 34.8 Å². The Hall–Kier alpha value is -1.65. The molecule has 0 amide bonds. The van der Waals surface area contributed by atoms with E-state index in [1.54, 1.807) is 24.3 Å². The molecule has 0 atom stereocenters. The third-order valence-corrected chi connectivity index (χ3v) is 3.58. The number of carbonyl (C=O) groups is 1. The summed E-state index contributed by atoms with van der Waals surface area (Å²) in [6.07, 6.45) is 6.05. The fourth-order valence-electron chi connectivity index (χ4n) is 2.32. The summed E-state index contributed by atoms with van der Waals surface area (Å²) in [5.74, 6) is 0.454. The Bertz CT molecular complexity index is 515. The van der Waals surface area contributed by atoms with E-state index in [2.05, 4.69) is 6.58 Å². The summed E-state index contributed by atoms with van der Waals surface area (Å²) in [5.41, 5.74) is 0.783. The Morgan fingerprint density at radius 1 is 1.30 bits per heavy atom. The average Bonchev–Trinajstić information content (AvgIpc) is 2.50. The van der Waals surface area contributed by atoms with Gasteiger partial charge in [0.15, 0.2) is 5.78 Å². The van der Waals surface area contributed by atoms with Crippen LogP contribution in [0.15, 0.2) is 30.9 Å². The fourth-order valence-corrected chi connectivity index (χ4v) is 2.32. The predicted octanol–water partition coefficient (Wildman–Crippen LogP) is 3.30. The van der Waals surface area contributed by atoms with Crippen molar-refractivity contribution < 1.29 is 19.7 Å². The van der Waals surface area contributed by atoms with E-state index in [1.807, 2.05) is 13.8 Å². The summed E-state index contributed by atoms with van der Waals surface area (Å²) in [5, 5.41) is 18.6. The van der Waals surface area contributed by atoms with Crippen molar-refractivity contribution in [1.29, 1.82) is 0 Å². The molecule has 1 aromatic carbocycles. The molecular weight excluding hydrogens is 292 g/mol. The molecule has 0 saturated heterocycles. The molecule has 0 aliphatic carbocycles. The van der Waals surface area contributed by atoms with Crippen molar-refractivity contribution in [3.05, 3.63) is 42.0 Å². The van der Waals surface area contributed by atoms with Gasteiger partial charge in [0.25, 0.3) is 0 Å². The second kappa shape index (κ2) is 9.48. The van der Waals surface area contributed by atoms with E-state index in [-0.39, 0.29) is 5.78 Å². The normalized spacial score (nSPS) is 11.3. The van der Waals surface area contributed by atoms with Crippen LogP contribution in [0.4, 0.5) is 0 Å². The highest BCUT2D eigenvalue weighted by molar-refractivity contribution is 5.97. The second-order valence-corrected chi connectivity index (χ2v) is 6.37. The Morgan fingerprint density at radius 3 is 2.65 bits per heavy atom. The van der Waals surface area contributed by atoms with Gasteiger partial charge in [0.2, 0.25) is 0 Å². The highest BCUT2D eigenvalue weighted by Gasteiger charge is 2.11. The number of allylic oxidation sites excluding steroid dienone is 1. The largest absolute Gasteiger partial charge is 0.493 e. The molecule has 2 N–H and O–H groups in total. The predicted molar refractivity (Wildman–Crippen MR) is 92.0 cm³/mol. The van der Waals surface area contributed by atoms with E-state index >= 15 is 0 Å². The molecule has 1 rings (SSSR count). The van der Waals surface area contributed by atoms with Crippen molar-refractivity contribution >= 4 is 5.78 Å². The Morgan fingerprint density at radius 2 is 2.04 bits per heavy atom. The van der Waals surface area contributed by atoms with Gasteiger partial charge in [0, 0.05) is 5.56 Å². The fraction of sp³-hybridized carbons (Fsp3) is 0.526. The molecule has 0 saturated carbocycles. The first-order valence-corrected chi connectivity index (χ1v) is 8.10. The quantitative estimate of drug-likeness (QED) is 0.373. The maximum atomic E-state index is 11.6. The lowest BCUT2D eigenvalue weighted by Gasteiger charge is -2.16. The summed E-state index contributed by atoms with van der Waals surface area (Å²) < 4.78 is 5.81. The molecule has 0 aliphatic heterocycles. The van der Waals surface area contributed by atoms with Crippen molar-refractivity contribution in [2.24, 2.45) is 0 Å². The van der Waals surface area contributed by atoms with Gasteiger partial charge in [0.05, 0.1) is 12.2 Å². The average molecular weight is 320 g/mol. The number of hydrogen-bond donors (Lipinski definition) is 2. The number of carbonyl (C=O) groups excluding carboxylic acids is 1. The van der Waals surface area contributed by atoms with Crippen LogP contribution in [0.25, 0.3) is 0 Å². The lowest BCUT2D eigenvalue weighted by molar-refractivity contribution is 0.0677. The first kappa shape index (κ1) is 19.4. The maximum Gasteiger partial charge on any atom is 0.188 e. The van der Waals surface area contributed by atoms with Gasteiger partial charge in [-0.25, -0.2) is 0 Å². The highest BCUT2D eigenvalue weighted by atomic mass is 16.5. The minimum Gasteiger partial charge on any atom is -0.493 e. The van der Waals surface area contributed by atoms with Gasteiger partial charge in [-0.15, -0.1) is 6.58 Å². The molecule has 0 bridgehead atoms. The lowest BCUT2D eigenvalue weighted by Crippen LogP contribution is -2.17. The zero-order valence-electron chi connectivity index (χ0n) is 14.2. The molecule has 23 heavy (non-hydrogen) atoms. The standard InChI is InChI=1S/C19H28O4/c1-4-8-16-13-15(17(21)14-20)9-10-18(16)23-12-7-5-6-11-19(2,3)22/h4,9-10,13,20,22H,1,5-8,11-12,14H2,2-3H3. The maximum absolute atomic E-state index is 11.6. The van der Waals surface area contributed by atoms with Crippen molar-refractivity contribution in [3.8, 4) is 5.75 Å². The molecule has 0 heterocycles. The van der Waals surface area contributed by atoms with E-state index in [0.717, 1.165) is 37.0 Å². The van der Waals surface area contributed by atoms with Crippen LogP contribution in [0.1, 0.15) is 55.5 Å². The van der Waals surface area contributed by atoms with Crippen LogP contribution in [0.2, 0.25) is 0 Å². The van der Waals surface area contributed by atoms with Crippen molar-refractivity contribution in [2.75, 3.05) is 13.2 Å². The number of ether oxygens (including phenoxy) is 1. The third kappa shape index (κ3) is 7.44. The molecule has 0 aromatic heterocycles. The van der Waals surface area contributed by atoms with Crippen LogP contribution < -0.4 is 4.74 Å². The number of unbranched alkanes of at least 4 members (excludes halogenated alkanes) is 2. The zero-order valence-corrected chi connectivity index (χ0v) is 14.2. The van der Waals surface area contributed by atoms with E-state index in [1.165, 1.54) is 0 Å². The number of rotatable bonds is 11. The number of aliphatic hydroxyl groups excluding tert-OH is 1. The van der Waals surface area contributed by atoms with E-state index in [9.17, 15) is 9.90 Å². The van der Waals surface area contributed by atoms with Gasteiger partial charge >= 0.3 is 0 Å². The van der Waals surface area contributed by atoms with Crippen LogP contribution in [0.3, 0.4) is 0 Å². The SMILES string of the molecule is C=CCc1cc(C(=O)CO)ccc1OCCCCCC(C)(C)O. The molecule has 0 aliphatic rings. The van der Waals surface area contributed by atoms with E-state index in [4.69, 9.17) is 9.84 Å². The number of aliphatic hydroxyl groups is 2. The van der Waals surface area contributed by atoms with Crippen LogP contribution >= 0.6 is 0 Å². The first-order chi connectivity index (χ1) is 10.9. The topological polar surface area (TPSA) is 66.8 Å². The van der Waals surface area contributed by atoms with Crippen molar-refractivity contribution in [2.45, 2.75) is 51.6 Å². The number of ketones is 1. The minimum atomic E-state index is -0.604. The van der Waals surface area contributed by atoms with Crippen LogP contribution in [0, 0.1) is 0 Å². The molecule has 4 nitrogen and oxygen atoms in total. The summed E-state index contributed by atoms with van der Waals surface area (Å²) in [6.45, 7) is 7.47. The zero-order chi connectivity index (χ0) is 17.3. The van der Waals surface area contributed by atoms with Gasteiger partial charge in [0.1, 0.15) is 12.4 Å². The molecule has 0 radical (unpaired) electrons. The molecular formula is C19H28O4. The Balaban J connectivity index is 2.52. The second-order valence-electron chi connectivity index (χ2n) is 6.37.